The van der Waals surface area contributed by atoms with Gasteiger partial charge in [0, 0.05) is 27.6 Å². The van der Waals surface area contributed by atoms with Gasteiger partial charge in [-0.05, 0) is 54.6 Å². The summed E-state index contributed by atoms with van der Waals surface area (Å²) in [6, 6.07) is 22.6. The van der Waals surface area contributed by atoms with Gasteiger partial charge in [0.2, 0.25) is 11.8 Å². The van der Waals surface area contributed by atoms with Crippen LogP contribution in [0.15, 0.2) is 88.5 Å². The van der Waals surface area contributed by atoms with Gasteiger partial charge in [0.05, 0.1) is 5.75 Å². The molecule has 10 heteroatoms. The molecule has 0 aliphatic rings. The summed E-state index contributed by atoms with van der Waals surface area (Å²) < 4.78 is 5.59. The molecule has 3 amide bonds. The number of thioether (sulfide) groups is 1. The van der Waals surface area contributed by atoms with E-state index in [1.54, 1.807) is 60.7 Å². The lowest BCUT2D eigenvalue weighted by atomic mass is 10.2. The number of benzene rings is 3. The smallest absolute Gasteiger partial charge is 0.323 e. The van der Waals surface area contributed by atoms with Gasteiger partial charge in [-0.2, -0.15) is 0 Å². The molecule has 0 atom stereocenters. The number of nitrogens with zero attached hydrogens (tertiary/aromatic N) is 2. The second-order valence-corrected chi connectivity index (χ2v) is 8.11. The first-order chi connectivity index (χ1) is 16.0. The molecule has 4 aromatic rings. The largest absolute Gasteiger partial charge is 0.411 e. The summed E-state index contributed by atoms with van der Waals surface area (Å²) in [5.41, 5.74) is 2.50. The number of amides is 3. The summed E-state index contributed by atoms with van der Waals surface area (Å²) >= 11 is 7.01. The van der Waals surface area contributed by atoms with Crippen LogP contribution in [0.2, 0.25) is 5.02 Å². The number of aromatic nitrogens is 2. The van der Waals surface area contributed by atoms with Gasteiger partial charge in [-0.1, -0.05) is 47.6 Å². The van der Waals surface area contributed by atoms with Crippen LogP contribution in [0.3, 0.4) is 0 Å². The van der Waals surface area contributed by atoms with Crippen LogP contribution in [0, 0.1) is 0 Å². The predicted molar refractivity (Wildman–Crippen MR) is 130 cm³/mol. The Bertz CT molecular complexity index is 1250. The highest BCUT2D eigenvalue weighted by Gasteiger charge is 2.12. The normalized spacial score (nSPS) is 10.5. The first kappa shape index (κ1) is 22.4. The van der Waals surface area contributed by atoms with Gasteiger partial charge >= 0.3 is 6.03 Å². The van der Waals surface area contributed by atoms with Crippen LogP contribution < -0.4 is 16.0 Å². The number of hydrogen-bond acceptors (Lipinski definition) is 6. The zero-order chi connectivity index (χ0) is 23.0. The van der Waals surface area contributed by atoms with Crippen LogP contribution in [0.25, 0.3) is 11.5 Å². The fourth-order valence-electron chi connectivity index (χ4n) is 2.79. The van der Waals surface area contributed by atoms with Crippen molar-refractivity contribution in [2.75, 3.05) is 21.7 Å². The molecular weight excluding hydrogens is 462 g/mol. The van der Waals surface area contributed by atoms with Crippen molar-refractivity contribution >= 4 is 52.4 Å². The molecule has 1 heterocycles. The van der Waals surface area contributed by atoms with E-state index in [1.165, 1.54) is 0 Å². The minimum absolute atomic E-state index is 0.0778. The average molecular weight is 480 g/mol. The molecule has 33 heavy (non-hydrogen) atoms. The van der Waals surface area contributed by atoms with Gasteiger partial charge in [-0.15, -0.1) is 10.2 Å². The Kier molecular flexibility index (Phi) is 7.23. The van der Waals surface area contributed by atoms with Crippen LogP contribution in [-0.4, -0.2) is 27.9 Å². The molecular formula is C23H18ClN5O3S. The summed E-state index contributed by atoms with van der Waals surface area (Å²) in [4.78, 5) is 24.5. The lowest BCUT2D eigenvalue weighted by Gasteiger charge is -2.09. The van der Waals surface area contributed by atoms with Crippen LogP contribution in [0.1, 0.15) is 0 Å². The van der Waals surface area contributed by atoms with E-state index in [4.69, 9.17) is 16.0 Å². The first-order valence-electron chi connectivity index (χ1n) is 9.80. The van der Waals surface area contributed by atoms with E-state index in [2.05, 4.69) is 26.1 Å². The average Bonchev–Trinajstić information content (AvgIpc) is 3.28. The third kappa shape index (κ3) is 6.58. The van der Waals surface area contributed by atoms with Crippen molar-refractivity contribution in [2.24, 2.45) is 0 Å². The first-order valence-corrected chi connectivity index (χ1v) is 11.2. The van der Waals surface area contributed by atoms with Crippen molar-refractivity contribution in [1.29, 1.82) is 0 Å². The standard InChI is InChI=1S/C23H18ClN5O3S/c24-16-11-9-15(10-12-16)21-28-29-23(32-21)33-14-20(30)25-18-7-4-8-19(13-18)27-22(31)26-17-5-2-1-3-6-17/h1-13H,14H2,(H,25,30)(H2,26,27,31). The van der Waals surface area contributed by atoms with Gasteiger partial charge < -0.3 is 20.4 Å². The Morgan fingerprint density at radius 2 is 1.48 bits per heavy atom. The molecule has 1 aromatic heterocycles. The molecule has 0 aliphatic heterocycles. The van der Waals surface area contributed by atoms with Gasteiger partial charge in [-0.25, -0.2) is 4.79 Å². The maximum atomic E-state index is 12.3. The lowest BCUT2D eigenvalue weighted by Crippen LogP contribution is -2.19. The monoisotopic (exact) mass is 479 g/mol. The molecule has 0 bridgehead atoms. The van der Waals surface area contributed by atoms with Crippen LogP contribution in [-0.2, 0) is 4.79 Å². The second kappa shape index (κ2) is 10.7. The molecule has 0 radical (unpaired) electrons. The summed E-state index contributed by atoms with van der Waals surface area (Å²) in [6.07, 6.45) is 0. The molecule has 3 aromatic carbocycles. The zero-order valence-electron chi connectivity index (χ0n) is 17.1. The van der Waals surface area contributed by atoms with E-state index in [0.717, 1.165) is 17.3 Å². The van der Waals surface area contributed by atoms with Crippen LogP contribution in [0.5, 0.6) is 0 Å². The summed E-state index contributed by atoms with van der Waals surface area (Å²) in [6.45, 7) is 0. The van der Waals surface area contributed by atoms with Crippen molar-refractivity contribution in [3.05, 3.63) is 83.9 Å². The highest BCUT2D eigenvalue weighted by Crippen LogP contribution is 2.24. The molecule has 0 saturated carbocycles. The molecule has 8 nitrogen and oxygen atoms in total. The number of rotatable bonds is 7. The number of anilines is 3. The van der Waals surface area contributed by atoms with Crippen molar-refractivity contribution in [3.63, 3.8) is 0 Å². The fraction of sp³-hybridized carbons (Fsp3) is 0.0435. The SMILES string of the molecule is O=C(CSc1nnc(-c2ccc(Cl)cc2)o1)Nc1cccc(NC(=O)Nc2ccccc2)c1. The second-order valence-electron chi connectivity index (χ2n) is 6.74. The Hall–Kier alpha value is -3.82. The van der Waals surface area contributed by atoms with Gasteiger partial charge in [0.15, 0.2) is 0 Å². The van der Waals surface area contributed by atoms with E-state index in [0.29, 0.717) is 28.0 Å². The highest BCUT2D eigenvalue weighted by molar-refractivity contribution is 7.99. The van der Waals surface area contributed by atoms with Gasteiger partial charge in [0.1, 0.15) is 0 Å². The maximum absolute atomic E-state index is 12.3. The van der Waals surface area contributed by atoms with E-state index in [9.17, 15) is 9.59 Å². The molecule has 4 rings (SSSR count). The van der Waals surface area contributed by atoms with Gasteiger partial charge in [-0.3, -0.25) is 4.79 Å². The van der Waals surface area contributed by atoms with E-state index in [-0.39, 0.29) is 22.9 Å². The molecule has 3 N–H and O–H groups in total. The molecule has 166 valence electrons. The maximum Gasteiger partial charge on any atom is 0.323 e. The Labute approximate surface area is 198 Å². The Morgan fingerprint density at radius 1 is 0.818 bits per heavy atom. The number of hydrogen-bond donors (Lipinski definition) is 3. The molecule has 0 fully saturated rings. The van der Waals surface area contributed by atoms with Crippen LogP contribution in [0.4, 0.5) is 21.9 Å². The number of carbonyl (C=O) groups is 2. The third-order valence-electron chi connectivity index (χ3n) is 4.26. The number of para-hydroxylation sites is 1. The minimum atomic E-state index is -0.381. The number of carbonyl (C=O) groups excluding carboxylic acids is 2. The Morgan fingerprint density at radius 3 is 2.24 bits per heavy atom. The van der Waals surface area contributed by atoms with Crippen molar-refractivity contribution in [1.82, 2.24) is 10.2 Å². The Balaban J connectivity index is 1.28. The zero-order valence-corrected chi connectivity index (χ0v) is 18.7. The predicted octanol–water partition coefficient (Wildman–Crippen LogP) is 5.76. The fourth-order valence-corrected chi connectivity index (χ4v) is 3.48. The van der Waals surface area contributed by atoms with Crippen molar-refractivity contribution < 1.29 is 14.0 Å². The summed E-state index contributed by atoms with van der Waals surface area (Å²) in [7, 11) is 0. The molecule has 0 unspecified atom stereocenters. The van der Waals surface area contributed by atoms with E-state index in [1.807, 2.05) is 18.2 Å². The highest BCUT2D eigenvalue weighted by atomic mass is 35.5. The van der Waals surface area contributed by atoms with Crippen molar-refractivity contribution in [3.8, 4) is 11.5 Å². The number of halogens is 1. The molecule has 0 spiro atoms. The van der Waals surface area contributed by atoms with Crippen molar-refractivity contribution in [2.45, 2.75) is 5.22 Å². The molecule has 0 aliphatic carbocycles. The lowest BCUT2D eigenvalue weighted by molar-refractivity contribution is -0.113. The van der Waals surface area contributed by atoms with Gasteiger partial charge in [0.25, 0.3) is 5.22 Å². The van der Waals surface area contributed by atoms with E-state index < -0.39 is 0 Å². The van der Waals surface area contributed by atoms with Crippen LogP contribution >= 0.6 is 23.4 Å². The quantitative estimate of drug-likeness (QED) is 0.290. The summed E-state index contributed by atoms with van der Waals surface area (Å²) in [5.74, 6) is 0.174. The molecule has 0 saturated heterocycles. The number of nitrogens with one attached hydrogen (secondary N) is 3. The van der Waals surface area contributed by atoms with E-state index >= 15 is 0 Å². The topological polar surface area (TPSA) is 109 Å². The summed E-state index contributed by atoms with van der Waals surface area (Å²) in [5, 5.41) is 17.1. The third-order valence-corrected chi connectivity index (χ3v) is 5.33. The minimum Gasteiger partial charge on any atom is -0.411 e. The number of urea groups is 1.